The van der Waals surface area contributed by atoms with Crippen LogP contribution in [-0.4, -0.2) is 16.2 Å². The fraction of sp³-hybridized carbons (Fsp3) is 0.242. The molecule has 2 N–H and O–H groups in total. The molecule has 0 fully saturated rings. The highest BCUT2D eigenvalue weighted by atomic mass is 16.4. The minimum atomic E-state index is -0.934. The van der Waals surface area contributed by atoms with Crippen LogP contribution in [0.1, 0.15) is 62.0 Å². The van der Waals surface area contributed by atoms with Gasteiger partial charge in [-0.05, 0) is 86.9 Å². The highest BCUT2D eigenvalue weighted by Gasteiger charge is 2.39. The number of hydrogen-bond acceptors (Lipinski definition) is 2. The maximum atomic E-state index is 11.3. The van der Waals surface area contributed by atoms with Crippen molar-refractivity contribution in [1.29, 1.82) is 0 Å². The molecule has 0 aliphatic heterocycles. The van der Waals surface area contributed by atoms with Crippen LogP contribution in [0.2, 0.25) is 0 Å². The van der Waals surface area contributed by atoms with Gasteiger partial charge in [0.25, 0.3) is 0 Å². The van der Waals surface area contributed by atoms with E-state index in [2.05, 4.69) is 64.1 Å². The molecule has 0 saturated carbocycles. The number of carbonyl (C=O) groups is 1. The normalized spacial score (nSPS) is 15.8. The van der Waals surface area contributed by atoms with E-state index in [1.54, 1.807) is 12.1 Å². The van der Waals surface area contributed by atoms with Crippen LogP contribution in [0.5, 0.6) is 5.75 Å². The Morgan fingerprint density at radius 2 is 1.31 bits per heavy atom. The number of carboxylic acids is 1. The van der Waals surface area contributed by atoms with Crippen molar-refractivity contribution in [2.24, 2.45) is 0 Å². The third-order valence-electron chi connectivity index (χ3n) is 7.78. The van der Waals surface area contributed by atoms with Gasteiger partial charge in [0.05, 0.1) is 5.56 Å². The van der Waals surface area contributed by atoms with E-state index in [0.29, 0.717) is 5.75 Å². The van der Waals surface area contributed by atoms with Gasteiger partial charge >= 0.3 is 5.97 Å². The number of phenolic OH excluding ortho intramolecular Hbond substituents is 1. The SMILES string of the molecule is CC1(C)CCC(C)(C)c2c(O)cc(-c3cc(-c4ccc(C(=O)O)cc4)ccc3-c3ccccc3)cc21. The Kier molecular flexibility index (Phi) is 5.75. The first-order chi connectivity index (χ1) is 17.1. The number of hydrogen-bond donors (Lipinski definition) is 2. The molecule has 0 bridgehead atoms. The number of phenols is 1. The molecule has 0 atom stereocenters. The van der Waals surface area contributed by atoms with Crippen molar-refractivity contribution in [3.8, 4) is 39.1 Å². The minimum Gasteiger partial charge on any atom is -0.508 e. The Bertz CT molecular complexity index is 1440. The molecular formula is C33H32O3. The van der Waals surface area contributed by atoms with E-state index in [1.165, 1.54) is 5.56 Å². The molecular weight excluding hydrogens is 444 g/mol. The van der Waals surface area contributed by atoms with Crippen LogP contribution in [-0.2, 0) is 10.8 Å². The van der Waals surface area contributed by atoms with Crippen molar-refractivity contribution in [1.82, 2.24) is 0 Å². The van der Waals surface area contributed by atoms with Gasteiger partial charge in [0.1, 0.15) is 5.75 Å². The van der Waals surface area contributed by atoms with Gasteiger partial charge < -0.3 is 10.2 Å². The molecule has 36 heavy (non-hydrogen) atoms. The molecule has 0 radical (unpaired) electrons. The van der Waals surface area contributed by atoms with Crippen LogP contribution in [0.15, 0.2) is 84.9 Å². The zero-order valence-corrected chi connectivity index (χ0v) is 21.3. The average Bonchev–Trinajstić information content (AvgIpc) is 2.86. The predicted molar refractivity (Wildman–Crippen MR) is 147 cm³/mol. The number of aromatic carboxylic acids is 1. The van der Waals surface area contributed by atoms with E-state index in [1.807, 2.05) is 36.4 Å². The highest BCUT2D eigenvalue weighted by Crippen LogP contribution is 2.51. The summed E-state index contributed by atoms with van der Waals surface area (Å²) in [5, 5.41) is 20.6. The summed E-state index contributed by atoms with van der Waals surface area (Å²) in [6, 6.07) is 27.8. The first kappa shape index (κ1) is 23.9. The maximum Gasteiger partial charge on any atom is 0.335 e. The summed E-state index contributed by atoms with van der Waals surface area (Å²) in [4.78, 5) is 11.3. The quantitative estimate of drug-likeness (QED) is 0.311. The highest BCUT2D eigenvalue weighted by molar-refractivity contribution is 5.90. The zero-order chi connectivity index (χ0) is 25.7. The summed E-state index contributed by atoms with van der Waals surface area (Å²) >= 11 is 0. The number of rotatable bonds is 4. The number of carboxylic acid groups (broad SMARTS) is 1. The summed E-state index contributed by atoms with van der Waals surface area (Å²) < 4.78 is 0. The monoisotopic (exact) mass is 476 g/mol. The molecule has 1 aliphatic rings. The number of benzene rings is 4. The van der Waals surface area contributed by atoms with Crippen molar-refractivity contribution in [3.05, 3.63) is 102 Å². The Labute approximate surface area is 213 Å². The van der Waals surface area contributed by atoms with Gasteiger partial charge in [-0.25, -0.2) is 4.79 Å². The van der Waals surface area contributed by atoms with Crippen molar-refractivity contribution in [3.63, 3.8) is 0 Å². The zero-order valence-electron chi connectivity index (χ0n) is 21.3. The van der Waals surface area contributed by atoms with Gasteiger partial charge in [0, 0.05) is 5.56 Å². The van der Waals surface area contributed by atoms with Gasteiger partial charge in [-0.3, -0.25) is 0 Å². The molecule has 0 saturated heterocycles. The van der Waals surface area contributed by atoms with Gasteiger partial charge in [-0.2, -0.15) is 0 Å². The molecule has 1 aliphatic carbocycles. The first-order valence-corrected chi connectivity index (χ1v) is 12.5. The molecule has 4 aromatic rings. The lowest BCUT2D eigenvalue weighted by molar-refractivity contribution is 0.0697. The van der Waals surface area contributed by atoms with Crippen molar-refractivity contribution in [2.75, 3.05) is 0 Å². The Hall–Kier alpha value is -3.85. The summed E-state index contributed by atoms with van der Waals surface area (Å²) in [6.45, 7) is 8.97. The Morgan fingerprint density at radius 3 is 1.97 bits per heavy atom. The second kappa shape index (κ2) is 8.67. The average molecular weight is 477 g/mol. The minimum absolute atomic E-state index is 0.0322. The third-order valence-corrected chi connectivity index (χ3v) is 7.78. The molecule has 0 spiro atoms. The second-order valence-corrected chi connectivity index (χ2v) is 11.2. The standard InChI is InChI=1S/C33H32O3/c1-32(2)16-17-33(3,4)30-28(32)19-25(20-29(30)34)27-18-24(21-10-12-23(13-11-21)31(35)36)14-15-26(27)22-8-6-5-7-9-22/h5-15,18-20,34H,16-17H2,1-4H3,(H,35,36). The van der Waals surface area contributed by atoms with Crippen molar-refractivity contribution >= 4 is 5.97 Å². The number of fused-ring (bicyclic) bond motifs is 1. The summed E-state index contributed by atoms with van der Waals surface area (Å²) in [5.74, 6) is -0.577. The largest absolute Gasteiger partial charge is 0.508 e. The molecule has 3 heteroatoms. The lowest BCUT2D eigenvalue weighted by atomic mass is 9.62. The fourth-order valence-corrected chi connectivity index (χ4v) is 5.55. The van der Waals surface area contributed by atoms with Crippen LogP contribution in [0.4, 0.5) is 0 Å². The summed E-state index contributed by atoms with van der Waals surface area (Å²) in [6.07, 6.45) is 2.11. The van der Waals surface area contributed by atoms with E-state index in [4.69, 9.17) is 0 Å². The van der Waals surface area contributed by atoms with Crippen LogP contribution in [0.25, 0.3) is 33.4 Å². The van der Waals surface area contributed by atoms with E-state index < -0.39 is 5.97 Å². The Morgan fingerprint density at radius 1 is 0.667 bits per heavy atom. The van der Waals surface area contributed by atoms with E-state index in [-0.39, 0.29) is 16.4 Å². The summed E-state index contributed by atoms with van der Waals surface area (Å²) in [5.41, 5.74) is 8.60. The van der Waals surface area contributed by atoms with Gasteiger partial charge in [0.2, 0.25) is 0 Å². The van der Waals surface area contributed by atoms with E-state index >= 15 is 0 Å². The second-order valence-electron chi connectivity index (χ2n) is 11.2. The van der Waals surface area contributed by atoms with Gasteiger partial charge in [0.15, 0.2) is 0 Å². The van der Waals surface area contributed by atoms with Crippen LogP contribution >= 0.6 is 0 Å². The predicted octanol–water partition coefficient (Wildman–Crippen LogP) is 8.44. The van der Waals surface area contributed by atoms with E-state index in [0.717, 1.165) is 51.8 Å². The van der Waals surface area contributed by atoms with Gasteiger partial charge in [-0.15, -0.1) is 0 Å². The summed E-state index contributed by atoms with van der Waals surface area (Å²) in [7, 11) is 0. The molecule has 5 rings (SSSR count). The lowest BCUT2D eigenvalue weighted by Crippen LogP contribution is -2.33. The lowest BCUT2D eigenvalue weighted by Gasteiger charge is -2.42. The first-order valence-electron chi connectivity index (χ1n) is 12.5. The molecule has 0 amide bonds. The fourth-order valence-electron chi connectivity index (χ4n) is 5.55. The molecule has 0 heterocycles. The molecule has 4 aromatic carbocycles. The molecule has 0 aromatic heterocycles. The smallest absolute Gasteiger partial charge is 0.335 e. The van der Waals surface area contributed by atoms with Crippen LogP contribution < -0.4 is 0 Å². The number of aromatic hydroxyl groups is 1. The van der Waals surface area contributed by atoms with Crippen LogP contribution in [0, 0.1) is 0 Å². The van der Waals surface area contributed by atoms with Crippen molar-refractivity contribution < 1.29 is 15.0 Å². The van der Waals surface area contributed by atoms with E-state index in [9.17, 15) is 15.0 Å². The van der Waals surface area contributed by atoms with Crippen molar-refractivity contribution in [2.45, 2.75) is 51.4 Å². The maximum absolute atomic E-state index is 11.3. The van der Waals surface area contributed by atoms with Crippen LogP contribution in [0.3, 0.4) is 0 Å². The third kappa shape index (κ3) is 4.19. The molecule has 0 unspecified atom stereocenters. The molecule has 182 valence electrons. The topological polar surface area (TPSA) is 57.5 Å². The Balaban J connectivity index is 1.73. The van der Waals surface area contributed by atoms with Gasteiger partial charge in [-0.1, -0.05) is 88.4 Å². The molecule has 3 nitrogen and oxygen atoms in total.